The van der Waals surface area contributed by atoms with Crippen molar-refractivity contribution in [3.8, 4) is 0 Å². The largest absolute Gasteiger partial charge is 0.352 e. The Balaban J connectivity index is 1.93. The first kappa shape index (κ1) is 20.1. The zero-order chi connectivity index (χ0) is 19.6. The fourth-order valence-corrected chi connectivity index (χ4v) is 5.49. The van der Waals surface area contributed by atoms with Crippen LogP contribution in [0.15, 0.2) is 17.5 Å². The predicted molar refractivity (Wildman–Crippen MR) is 114 cm³/mol. The summed E-state index contributed by atoms with van der Waals surface area (Å²) in [6.45, 7) is 9.53. The number of amides is 2. The molecule has 1 aliphatic carbocycles. The van der Waals surface area contributed by atoms with Crippen LogP contribution in [0, 0.1) is 11.3 Å². The highest BCUT2D eigenvalue weighted by atomic mass is 32.1. The summed E-state index contributed by atoms with van der Waals surface area (Å²) in [6.07, 6.45) is 3.85. The Labute approximate surface area is 169 Å². The van der Waals surface area contributed by atoms with Crippen molar-refractivity contribution < 1.29 is 9.59 Å². The minimum Gasteiger partial charge on any atom is -0.352 e. The van der Waals surface area contributed by atoms with Gasteiger partial charge in [-0.2, -0.15) is 0 Å². The zero-order valence-corrected chi connectivity index (χ0v) is 18.1. The summed E-state index contributed by atoms with van der Waals surface area (Å²) in [4.78, 5) is 27.3. The van der Waals surface area contributed by atoms with Gasteiger partial charge in [0.1, 0.15) is 5.00 Å². The Bertz CT molecular complexity index is 816. The lowest BCUT2D eigenvalue weighted by molar-refractivity contribution is 0.0953. The fourth-order valence-electron chi connectivity index (χ4n) is 3.55. The Morgan fingerprint density at radius 2 is 2.04 bits per heavy atom. The Morgan fingerprint density at radius 3 is 2.67 bits per heavy atom. The van der Waals surface area contributed by atoms with Crippen molar-refractivity contribution in [2.24, 2.45) is 11.3 Å². The van der Waals surface area contributed by atoms with Crippen molar-refractivity contribution in [1.29, 1.82) is 0 Å². The van der Waals surface area contributed by atoms with Crippen LogP contribution in [-0.4, -0.2) is 18.4 Å². The third kappa shape index (κ3) is 4.43. The predicted octanol–water partition coefficient (Wildman–Crippen LogP) is 5.35. The molecule has 2 amide bonds. The van der Waals surface area contributed by atoms with E-state index in [4.69, 9.17) is 0 Å². The van der Waals surface area contributed by atoms with Crippen LogP contribution in [0.3, 0.4) is 0 Å². The third-order valence-electron chi connectivity index (χ3n) is 5.22. The second kappa shape index (κ2) is 8.15. The standard InChI is InChI=1S/C21H28N2O2S2/c1-5-10-22-19(25)17-14-9-8-13(21(2,3)4)12-16(14)27-20(17)23-18(24)15-7-6-11-26-15/h6-7,11,13H,5,8-10,12H2,1-4H3,(H,22,25)(H,23,24). The summed E-state index contributed by atoms with van der Waals surface area (Å²) in [7, 11) is 0. The van der Waals surface area contributed by atoms with Gasteiger partial charge in [-0.05, 0) is 54.0 Å². The second-order valence-electron chi connectivity index (χ2n) is 8.20. The van der Waals surface area contributed by atoms with Gasteiger partial charge in [0.2, 0.25) is 0 Å². The smallest absolute Gasteiger partial charge is 0.266 e. The van der Waals surface area contributed by atoms with E-state index in [1.807, 2.05) is 18.4 Å². The van der Waals surface area contributed by atoms with Gasteiger partial charge in [-0.3, -0.25) is 9.59 Å². The fraction of sp³-hybridized carbons (Fsp3) is 0.524. The highest BCUT2D eigenvalue weighted by molar-refractivity contribution is 7.17. The minimum absolute atomic E-state index is 0.0648. The molecule has 0 bridgehead atoms. The second-order valence-corrected chi connectivity index (χ2v) is 10.3. The Kier molecular flexibility index (Phi) is 6.06. The van der Waals surface area contributed by atoms with Gasteiger partial charge < -0.3 is 10.6 Å². The van der Waals surface area contributed by atoms with Crippen molar-refractivity contribution in [3.63, 3.8) is 0 Å². The van der Waals surface area contributed by atoms with Crippen molar-refractivity contribution in [2.75, 3.05) is 11.9 Å². The molecule has 1 unspecified atom stereocenters. The highest BCUT2D eigenvalue weighted by Crippen LogP contribution is 2.44. The molecule has 3 rings (SSSR count). The molecule has 0 aliphatic heterocycles. The summed E-state index contributed by atoms with van der Waals surface area (Å²) < 4.78 is 0. The van der Waals surface area contributed by atoms with Gasteiger partial charge in [-0.15, -0.1) is 22.7 Å². The van der Waals surface area contributed by atoms with Gasteiger partial charge in [0.15, 0.2) is 0 Å². The number of fused-ring (bicyclic) bond motifs is 1. The van der Waals surface area contributed by atoms with Gasteiger partial charge in [-0.1, -0.05) is 33.8 Å². The molecule has 0 spiro atoms. The monoisotopic (exact) mass is 404 g/mol. The van der Waals surface area contributed by atoms with Gasteiger partial charge >= 0.3 is 0 Å². The summed E-state index contributed by atoms with van der Waals surface area (Å²) >= 11 is 2.99. The van der Waals surface area contributed by atoms with Crippen LogP contribution in [-0.2, 0) is 12.8 Å². The molecular formula is C21H28N2O2S2. The molecule has 6 heteroatoms. The molecular weight excluding hydrogens is 376 g/mol. The normalized spacial score (nSPS) is 16.7. The topological polar surface area (TPSA) is 58.2 Å². The van der Waals surface area contributed by atoms with E-state index in [2.05, 4.69) is 31.4 Å². The molecule has 0 saturated heterocycles. The van der Waals surface area contributed by atoms with Gasteiger partial charge in [0, 0.05) is 11.4 Å². The van der Waals surface area contributed by atoms with E-state index in [1.54, 1.807) is 17.4 Å². The molecule has 0 radical (unpaired) electrons. The van der Waals surface area contributed by atoms with E-state index in [-0.39, 0.29) is 17.2 Å². The van der Waals surface area contributed by atoms with Crippen LogP contribution in [0.5, 0.6) is 0 Å². The molecule has 2 aromatic heterocycles. The van der Waals surface area contributed by atoms with Crippen molar-refractivity contribution in [2.45, 2.75) is 53.4 Å². The maximum atomic E-state index is 12.9. The van der Waals surface area contributed by atoms with Crippen LogP contribution in [0.2, 0.25) is 0 Å². The average molecular weight is 405 g/mol. The lowest BCUT2D eigenvalue weighted by Crippen LogP contribution is -2.29. The van der Waals surface area contributed by atoms with E-state index in [0.717, 1.165) is 31.2 Å². The maximum absolute atomic E-state index is 12.9. The number of nitrogens with one attached hydrogen (secondary N) is 2. The number of rotatable bonds is 5. The number of carbonyl (C=O) groups excluding carboxylic acids is 2. The van der Waals surface area contributed by atoms with Crippen molar-refractivity contribution in [1.82, 2.24) is 5.32 Å². The van der Waals surface area contributed by atoms with E-state index in [1.165, 1.54) is 16.2 Å². The summed E-state index contributed by atoms with van der Waals surface area (Å²) in [5, 5.41) is 8.59. The van der Waals surface area contributed by atoms with Crippen LogP contribution < -0.4 is 10.6 Å². The molecule has 0 saturated carbocycles. The molecule has 2 N–H and O–H groups in total. The Morgan fingerprint density at radius 1 is 1.26 bits per heavy atom. The van der Waals surface area contributed by atoms with E-state index < -0.39 is 0 Å². The van der Waals surface area contributed by atoms with Gasteiger partial charge in [-0.25, -0.2) is 0 Å². The number of hydrogen-bond donors (Lipinski definition) is 2. The highest BCUT2D eigenvalue weighted by Gasteiger charge is 2.34. The molecule has 0 fully saturated rings. The SMILES string of the molecule is CCCNC(=O)c1c(NC(=O)c2cccs2)sc2c1CCC(C(C)(C)C)C2. The molecule has 2 heterocycles. The quantitative estimate of drug-likeness (QED) is 0.705. The van der Waals surface area contributed by atoms with Crippen LogP contribution in [0.1, 0.15) is 71.0 Å². The van der Waals surface area contributed by atoms with E-state index >= 15 is 0 Å². The van der Waals surface area contributed by atoms with E-state index in [9.17, 15) is 9.59 Å². The summed E-state index contributed by atoms with van der Waals surface area (Å²) in [6, 6.07) is 3.67. The Hall–Kier alpha value is -1.66. The lowest BCUT2D eigenvalue weighted by Gasteiger charge is -2.33. The first-order valence-electron chi connectivity index (χ1n) is 9.58. The molecule has 2 aromatic rings. The molecule has 1 atom stereocenters. The van der Waals surface area contributed by atoms with Crippen molar-refractivity contribution >= 4 is 39.5 Å². The first-order valence-corrected chi connectivity index (χ1v) is 11.3. The zero-order valence-electron chi connectivity index (χ0n) is 16.5. The van der Waals surface area contributed by atoms with Crippen LogP contribution in [0.4, 0.5) is 5.00 Å². The van der Waals surface area contributed by atoms with Gasteiger partial charge in [0.25, 0.3) is 11.8 Å². The number of carbonyl (C=O) groups is 2. The molecule has 27 heavy (non-hydrogen) atoms. The third-order valence-corrected chi connectivity index (χ3v) is 7.26. The molecule has 1 aliphatic rings. The molecule has 4 nitrogen and oxygen atoms in total. The van der Waals surface area contributed by atoms with Crippen molar-refractivity contribution in [3.05, 3.63) is 38.4 Å². The number of thiophene rings is 2. The number of hydrogen-bond acceptors (Lipinski definition) is 4. The average Bonchev–Trinajstić information content (AvgIpc) is 3.25. The minimum atomic E-state index is -0.138. The molecule has 0 aromatic carbocycles. The maximum Gasteiger partial charge on any atom is 0.266 e. The van der Waals surface area contributed by atoms with Gasteiger partial charge in [0.05, 0.1) is 10.4 Å². The number of anilines is 1. The lowest BCUT2D eigenvalue weighted by atomic mass is 9.72. The van der Waals surface area contributed by atoms with Crippen LogP contribution >= 0.6 is 22.7 Å². The summed E-state index contributed by atoms with van der Waals surface area (Å²) in [5.41, 5.74) is 2.06. The summed E-state index contributed by atoms with van der Waals surface area (Å²) in [5.74, 6) is 0.390. The molecule has 146 valence electrons. The van der Waals surface area contributed by atoms with Crippen LogP contribution in [0.25, 0.3) is 0 Å². The van der Waals surface area contributed by atoms with E-state index in [0.29, 0.717) is 27.9 Å². The first-order chi connectivity index (χ1) is 12.8.